The van der Waals surface area contributed by atoms with Gasteiger partial charge in [-0.15, -0.1) is 0 Å². The number of nitrogens with zero attached hydrogens (tertiary/aromatic N) is 2. The molecule has 2 rings (SSSR count). The van der Waals surface area contributed by atoms with E-state index >= 15 is 0 Å². The second-order valence-electron chi connectivity index (χ2n) is 4.74. The van der Waals surface area contributed by atoms with Gasteiger partial charge in [-0.3, -0.25) is 0 Å². The Morgan fingerprint density at radius 3 is 2.75 bits per heavy atom. The van der Waals surface area contributed by atoms with E-state index in [9.17, 15) is 0 Å². The zero-order chi connectivity index (χ0) is 11.7. The molecule has 0 unspecified atom stereocenters. The van der Waals surface area contributed by atoms with Crippen LogP contribution in [0.5, 0.6) is 0 Å². The van der Waals surface area contributed by atoms with E-state index in [1.807, 2.05) is 6.07 Å². The summed E-state index contributed by atoms with van der Waals surface area (Å²) in [5.74, 6) is 1.64. The molecule has 0 bridgehead atoms. The third-order valence-corrected chi connectivity index (χ3v) is 3.13. The normalized spacial score (nSPS) is 15.5. The van der Waals surface area contributed by atoms with Crippen LogP contribution in [0.2, 0.25) is 5.15 Å². The quantitative estimate of drug-likeness (QED) is 0.822. The number of halogens is 1. The monoisotopic (exact) mass is 239 g/mol. The number of pyridine rings is 1. The molecular formula is C12H18ClN3. The molecule has 88 valence electrons. The van der Waals surface area contributed by atoms with E-state index in [0.29, 0.717) is 16.9 Å². The lowest BCUT2D eigenvalue weighted by Gasteiger charge is -2.29. The van der Waals surface area contributed by atoms with Gasteiger partial charge in [0.15, 0.2) is 5.82 Å². The Morgan fingerprint density at radius 2 is 2.19 bits per heavy atom. The van der Waals surface area contributed by atoms with Gasteiger partial charge >= 0.3 is 0 Å². The molecule has 3 nitrogen and oxygen atoms in total. The van der Waals surface area contributed by atoms with Gasteiger partial charge in [-0.25, -0.2) is 4.98 Å². The molecule has 0 aromatic carbocycles. The van der Waals surface area contributed by atoms with Gasteiger partial charge in [0.1, 0.15) is 5.15 Å². The Balaban J connectivity index is 2.25. The van der Waals surface area contributed by atoms with Crippen molar-refractivity contribution in [1.29, 1.82) is 0 Å². The minimum atomic E-state index is 0.397. The SMILES string of the molecule is CC(C)N(CC1CC1)c1nc(Cl)ccc1N. The van der Waals surface area contributed by atoms with Crippen LogP contribution < -0.4 is 10.6 Å². The van der Waals surface area contributed by atoms with Crippen molar-refractivity contribution in [3.05, 3.63) is 17.3 Å². The largest absolute Gasteiger partial charge is 0.396 e. The van der Waals surface area contributed by atoms with Crippen LogP contribution in [0.1, 0.15) is 26.7 Å². The Morgan fingerprint density at radius 1 is 1.50 bits per heavy atom. The summed E-state index contributed by atoms with van der Waals surface area (Å²) in [4.78, 5) is 6.59. The lowest BCUT2D eigenvalue weighted by Crippen LogP contribution is -2.34. The van der Waals surface area contributed by atoms with E-state index in [4.69, 9.17) is 17.3 Å². The summed E-state index contributed by atoms with van der Waals surface area (Å²) in [6.45, 7) is 5.35. The molecule has 1 fully saturated rings. The number of hydrogen-bond donors (Lipinski definition) is 1. The lowest BCUT2D eigenvalue weighted by molar-refractivity contribution is 0.638. The zero-order valence-electron chi connectivity index (χ0n) is 9.78. The fourth-order valence-corrected chi connectivity index (χ4v) is 1.93. The number of anilines is 2. The Hall–Kier alpha value is -0.960. The Labute approximate surface area is 102 Å². The molecule has 1 aliphatic carbocycles. The third kappa shape index (κ3) is 2.59. The number of nitrogens with two attached hydrogens (primary N) is 1. The van der Waals surface area contributed by atoms with Gasteiger partial charge in [0.05, 0.1) is 5.69 Å². The van der Waals surface area contributed by atoms with E-state index in [0.717, 1.165) is 18.3 Å². The minimum Gasteiger partial charge on any atom is -0.396 e. The third-order valence-electron chi connectivity index (χ3n) is 2.92. The molecule has 0 amide bonds. The fourth-order valence-electron chi connectivity index (χ4n) is 1.79. The smallest absolute Gasteiger partial charge is 0.153 e. The maximum Gasteiger partial charge on any atom is 0.153 e. The van der Waals surface area contributed by atoms with Gasteiger partial charge in [0.25, 0.3) is 0 Å². The van der Waals surface area contributed by atoms with Gasteiger partial charge in [-0.05, 0) is 44.7 Å². The molecule has 1 aliphatic rings. The average molecular weight is 240 g/mol. The van der Waals surface area contributed by atoms with E-state index in [2.05, 4.69) is 23.7 Å². The van der Waals surface area contributed by atoms with Gasteiger partial charge < -0.3 is 10.6 Å². The summed E-state index contributed by atoms with van der Waals surface area (Å²) in [5.41, 5.74) is 6.67. The van der Waals surface area contributed by atoms with Crippen LogP contribution in [0, 0.1) is 5.92 Å². The van der Waals surface area contributed by atoms with Gasteiger partial charge in [-0.1, -0.05) is 11.6 Å². The summed E-state index contributed by atoms with van der Waals surface area (Å²) >= 11 is 5.92. The van der Waals surface area contributed by atoms with Crippen molar-refractivity contribution in [3.63, 3.8) is 0 Å². The highest BCUT2D eigenvalue weighted by Crippen LogP contribution is 2.33. The highest BCUT2D eigenvalue weighted by Gasteiger charge is 2.27. The first-order valence-corrected chi connectivity index (χ1v) is 6.14. The molecule has 2 N–H and O–H groups in total. The van der Waals surface area contributed by atoms with Gasteiger partial charge in [0, 0.05) is 12.6 Å². The summed E-state index contributed by atoms with van der Waals surface area (Å²) < 4.78 is 0. The van der Waals surface area contributed by atoms with Crippen LogP contribution >= 0.6 is 11.6 Å². The van der Waals surface area contributed by atoms with Crippen molar-refractivity contribution >= 4 is 23.1 Å². The van der Waals surface area contributed by atoms with E-state index in [1.165, 1.54) is 12.8 Å². The maximum atomic E-state index is 5.96. The molecule has 16 heavy (non-hydrogen) atoms. The van der Waals surface area contributed by atoms with Crippen LogP contribution in [0.25, 0.3) is 0 Å². The zero-order valence-corrected chi connectivity index (χ0v) is 10.5. The first-order valence-electron chi connectivity index (χ1n) is 5.76. The molecule has 1 heterocycles. The molecule has 0 saturated heterocycles. The molecule has 0 aliphatic heterocycles. The van der Waals surface area contributed by atoms with Crippen molar-refractivity contribution in [3.8, 4) is 0 Å². The standard InChI is InChI=1S/C12H18ClN3/c1-8(2)16(7-9-3-4-9)12-10(14)5-6-11(13)15-12/h5-6,8-9H,3-4,7,14H2,1-2H3. The molecular weight excluding hydrogens is 222 g/mol. The summed E-state index contributed by atoms with van der Waals surface area (Å²) in [5, 5.41) is 0.505. The Kier molecular flexibility index (Phi) is 3.24. The van der Waals surface area contributed by atoms with Crippen molar-refractivity contribution in [2.75, 3.05) is 17.2 Å². The van der Waals surface area contributed by atoms with Crippen LogP contribution in [-0.2, 0) is 0 Å². The lowest BCUT2D eigenvalue weighted by atomic mass is 10.2. The van der Waals surface area contributed by atoms with Crippen molar-refractivity contribution in [2.45, 2.75) is 32.7 Å². The van der Waals surface area contributed by atoms with E-state index in [-0.39, 0.29) is 0 Å². The van der Waals surface area contributed by atoms with Crippen LogP contribution in [0.3, 0.4) is 0 Å². The van der Waals surface area contributed by atoms with Gasteiger partial charge in [0.2, 0.25) is 0 Å². The van der Waals surface area contributed by atoms with Crippen molar-refractivity contribution < 1.29 is 0 Å². The number of hydrogen-bond acceptors (Lipinski definition) is 3. The number of aromatic nitrogens is 1. The molecule has 0 spiro atoms. The first-order chi connectivity index (χ1) is 7.58. The fraction of sp³-hybridized carbons (Fsp3) is 0.583. The topological polar surface area (TPSA) is 42.2 Å². The van der Waals surface area contributed by atoms with Crippen molar-refractivity contribution in [1.82, 2.24) is 4.98 Å². The molecule has 4 heteroatoms. The molecule has 1 aromatic rings. The average Bonchev–Trinajstić information content (AvgIpc) is 3.02. The number of rotatable bonds is 4. The van der Waals surface area contributed by atoms with Crippen molar-refractivity contribution in [2.24, 2.45) is 5.92 Å². The highest BCUT2D eigenvalue weighted by molar-refractivity contribution is 6.29. The second-order valence-corrected chi connectivity index (χ2v) is 5.12. The summed E-state index contributed by atoms with van der Waals surface area (Å²) in [7, 11) is 0. The van der Waals surface area contributed by atoms with E-state index in [1.54, 1.807) is 6.07 Å². The maximum absolute atomic E-state index is 5.96. The second kappa shape index (κ2) is 4.50. The molecule has 1 saturated carbocycles. The van der Waals surface area contributed by atoms with Crippen LogP contribution in [0.4, 0.5) is 11.5 Å². The minimum absolute atomic E-state index is 0.397. The predicted molar refractivity (Wildman–Crippen MR) is 68.9 cm³/mol. The molecule has 0 radical (unpaired) electrons. The van der Waals surface area contributed by atoms with Gasteiger partial charge in [-0.2, -0.15) is 0 Å². The number of nitrogen functional groups attached to an aromatic ring is 1. The predicted octanol–water partition coefficient (Wildman–Crippen LogP) is 2.94. The van der Waals surface area contributed by atoms with Crippen LogP contribution in [-0.4, -0.2) is 17.6 Å². The van der Waals surface area contributed by atoms with Crippen LogP contribution in [0.15, 0.2) is 12.1 Å². The molecule has 1 aromatic heterocycles. The van der Waals surface area contributed by atoms with E-state index < -0.39 is 0 Å². The summed E-state index contributed by atoms with van der Waals surface area (Å²) in [6.07, 6.45) is 2.65. The highest BCUT2D eigenvalue weighted by atomic mass is 35.5. The molecule has 0 atom stereocenters. The Bertz CT molecular complexity index is 375. The summed E-state index contributed by atoms with van der Waals surface area (Å²) in [6, 6.07) is 3.96. The first kappa shape index (κ1) is 11.5.